The fourth-order valence-electron chi connectivity index (χ4n) is 2.82. The number of benzene rings is 1. The highest BCUT2D eigenvalue weighted by Crippen LogP contribution is 2.21. The van der Waals surface area contributed by atoms with Crippen LogP contribution in [0.25, 0.3) is 0 Å². The highest BCUT2D eigenvalue weighted by Gasteiger charge is 2.12. The lowest BCUT2D eigenvalue weighted by atomic mass is 9.96. The number of aryl methyl sites for hydroxylation is 3. The Bertz CT molecular complexity index is 439. The fraction of sp³-hybridized carbons (Fsp3) is 0.647. The van der Waals surface area contributed by atoms with Crippen molar-refractivity contribution in [1.29, 1.82) is 0 Å². The molecule has 0 saturated carbocycles. The van der Waals surface area contributed by atoms with E-state index < -0.39 is 0 Å². The normalized spacial score (nSPS) is 18.2. The molecular weight excluding hydrogens is 248 g/mol. The maximum atomic E-state index is 5.37. The molecular formula is C17H28N2O. The van der Waals surface area contributed by atoms with E-state index in [9.17, 15) is 0 Å². The van der Waals surface area contributed by atoms with E-state index >= 15 is 0 Å². The molecule has 1 aromatic carbocycles. The summed E-state index contributed by atoms with van der Waals surface area (Å²) in [6.07, 6.45) is 0. The van der Waals surface area contributed by atoms with Crippen LogP contribution in [0, 0.1) is 20.8 Å². The van der Waals surface area contributed by atoms with Crippen molar-refractivity contribution in [2.75, 3.05) is 39.4 Å². The van der Waals surface area contributed by atoms with Crippen LogP contribution in [0.2, 0.25) is 0 Å². The Balaban J connectivity index is 1.85. The van der Waals surface area contributed by atoms with Crippen LogP contribution in [0.3, 0.4) is 0 Å². The predicted octanol–water partition coefficient (Wildman–Crippen LogP) is 2.59. The van der Waals surface area contributed by atoms with E-state index in [1.807, 2.05) is 0 Å². The maximum Gasteiger partial charge on any atom is 0.0594 e. The first kappa shape index (κ1) is 15.5. The number of hydrogen-bond acceptors (Lipinski definition) is 3. The van der Waals surface area contributed by atoms with Gasteiger partial charge in [0, 0.05) is 32.2 Å². The summed E-state index contributed by atoms with van der Waals surface area (Å²) >= 11 is 0. The zero-order chi connectivity index (χ0) is 14.5. The second kappa shape index (κ2) is 7.21. The van der Waals surface area contributed by atoms with Gasteiger partial charge in [-0.3, -0.25) is 4.90 Å². The minimum Gasteiger partial charge on any atom is -0.379 e. The Morgan fingerprint density at radius 3 is 2.45 bits per heavy atom. The smallest absolute Gasteiger partial charge is 0.0594 e. The third-order valence-corrected chi connectivity index (χ3v) is 4.33. The largest absolute Gasteiger partial charge is 0.379 e. The number of ether oxygens (including phenoxy) is 1. The molecule has 1 saturated heterocycles. The van der Waals surface area contributed by atoms with Crippen molar-refractivity contribution in [3.8, 4) is 0 Å². The molecule has 1 N–H and O–H groups in total. The molecule has 1 aromatic rings. The molecule has 0 amide bonds. The molecule has 1 unspecified atom stereocenters. The summed E-state index contributed by atoms with van der Waals surface area (Å²) in [7, 11) is 0. The zero-order valence-electron chi connectivity index (χ0n) is 13.3. The van der Waals surface area contributed by atoms with E-state index in [2.05, 4.69) is 50.0 Å². The second-order valence-corrected chi connectivity index (χ2v) is 5.92. The average molecular weight is 276 g/mol. The molecule has 20 heavy (non-hydrogen) atoms. The molecule has 1 fully saturated rings. The van der Waals surface area contributed by atoms with Crippen molar-refractivity contribution in [1.82, 2.24) is 10.2 Å². The van der Waals surface area contributed by atoms with Gasteiger partial charge in [0.2, 0.25) is 0 Å². The summed E-state index contributed by atoms with van der Waals surface area (Å²) in [5.41, 5.74) is 5.58. The molecule has 1 heterocycles. The molecule has 112 valence electrons. The van der Waals surface area contributed by atoms with E-state index in [0.29, 0.717) is 6.04 Å². The molecule has 0 radical (unpaired) electrons. The summed E-state index contributed by atoms with van der Waals surface area (Å²) in [5.74, 6) is 0. The number of nitrogens with one attached hydrogen (secondary N) is 1. The molecule has 1 atom stereocenters. The van der Waals surface area contributed by atoms with Gasteiger partial charge in [0.05, 0.1) is 13.2 Å². The molecule has 0 aromatic heterocycles. The first-order chi connectivity index (χ1) is 9.58. The summed E-state index contributed by atoms with van der Waals surface area (Å²) in [5, 5.41) is 3.65. The molecule has 1 aliphatic heterocycles. The summed E-state index contributed by atoms with van der Waals surface area (Å²) in [6, 6.07) is 5.04. The van der Waals surface area contributed by atoms with Gasteiger partial charge in [-0.1, -0.05) is 12.1 Å². The van der Waals surface area contributed by atoms with E-state index in [-0.39, 0.29) is 0 Å². The van der Waals surface area contributed by atoms with Crippen LogP contribution in [0.15, 0.2) is 12.1 Å². The Kier molecular flexibility index (Phi) is 5.58. The lowest BCUT2D eigenvalue weighted by molar-refractivity contribution is 0.0382. The monoisotopic (exact) mass is 276 g/mol. The van der Waals surface area contributed by atoms with Crippen molar-refractivity contribution in [2.45, 2.75) is 33.7 Å². The van der Waals surface area contributed by atoms with Crippen LogP contribution in [-0.2, 0) is 4.74 Å². The third kappa shape index (κ3) is 4.05. The minimum absolute atomic E-state index is 0.412. The second-order valence-electron chi connectivity index (χ2n) is 5.92. The predicted molar refractivity (Wildman–Crippen MR) is 84.3 cm³/mol. The van der Waals surface area contributed by atoms with Crippen LogP contribution in [-0.4, -0.2) is 44.3 Å². The van der Waals surface area contributed by atoms with Gasteiger partial charge in [0.1, 0.15) is 0 Å². The van der Waals surface area contributed by atoms with Crippen LogP contribution in [0.1, 0.15) is 35.2 Å². The van der Waals surface area contributed by atoms with Crippen LogP contribution >= 0.6 is 0 Å². The highest BCUT2D eigenvalue weighted by atomic mass is 16.5. The van der Waals surface area contributed by atoms with E-state index in [4.69, 9.17) is 4.74 Å². The molecule has 3 nitrogen and oxygen atoms in total. The number of nitrogens with zero attached hydrogens (tertiary/aromatic N) is 1. The SMILES string of the molecule is Cc1cc(C)c(C(C)NCCN2CCOCC2)cc1C. The van der Waals surface area contributed by atoms with Crippen LogP contribution < -0.4 is 5.32 Å². The van der Waals surface area contributed by atoms with Gasteiger partial charge in [0.25, 0.3) is 0 Å². The van der Waals surface area contributed by atoms with Crippen molar-refractivity contribution in [3.05, 3.63) is 34.4 Å². The molecule has 0 bridgehead atoms. The molecule has 1 aliphatic rings. The van der Waals surface area contributed by atoms with Gasteiger partial charge < -0.3 is 10.1 Å². The van der Waals surface area contributed by atoms with Crippen molar-refractivity contribution < 1.29 is 4.74 Å². The van der Waals surface area contributed by atoms with E-state index in [0.717, 1.165) is 39.4 Å². The maximum absolute atomic E-state index is 5.37. The highest BCUT2D eigenvalue weighted by molar-refractivity contribution is 5.37. The fourth-order valence-corrected chi connectivity index (χ4v) is 2.82. The minimum atomic E-state index is 0.412. The van der Waals surface area contributed by atoms with Crippen LogP contribution in [0.4, 0.5) is 0 Å². The number of hydrogen-bond donors (Lipinski definition) is 1. The Labute approximate surface area is 123 Å². The summed E-state index contributed by atoms with van der Waals surface area (Å²) in [4.78, 5) is 2.47. The van der Waals surface area contributed by atoms with Crippen molar-refractivity contribution in [2.24, 2.45) is 0 Å². The van der Waals surface area contributed by atoms with Crippen molar-refractivity contribution >= 4 is 0 Å². The summed E-state index contributed by atoms with van der Waals surface area (Å²) in [6.45, 7) is 14.9. The zero-order valence-corrected chi connectivity index (χ0v) is 13.3. The van der Waals surface area contributed by atoms with Gasteiger partial charge in [0.15, 0.2) is 0 Å². The standard InChI is InChI=1S/C17H28N2O/c1-13-11-15(3)17(12-14(13)2)16(4)18-5-6-19-7-9-20-10-8-19/h11-12,16,18H,5-10H2,1-4H3. The van der Waals surface area contributed by atoms with Crippen LogP contribution in [0.5, 0.6) is 0 Å². The quantitative estimate of drug-likeness (QED) is 0.894. The number of morpholine rings is 1. The van der Waals surface area contributed by atoms with Gasteiger partial charge in [-0.25, -0.2) is 0 Å². The lowest BCUT2D eigenvalue weighted by Crippen LogP contribution is -2.40. The third-order valence-electron chi connectivity index (χ3n) is 4.33. The van der Waals surface area contributed by atoms with E-state index in [1.165, 1.54) is 22.3 Å². The van der Waals surface area contributed by atoms with Gasteiger partial charge in [-0.05, 0) is 49.9 Å². The van der Waals surface area contributed by atoms with E-state index in [1.54, 1.807) is 0 Å². The first-order valence-electron chi connectivity index (χ1n) is 7.69. The van der Waals surface area contributed by atoms with Gasteiger partial charge >= 0.3 is 0 Å². The molecule has 0 aliphatic carbocycles. The first-order valence-corrected chi connectivity index (χ1v) is 7.69. The molecule has 2 rings (SSSR count). The Morgan fingerprint density at radius 2 is 1.75 bits per heavy atom. The number of rotatable bonds is 5. The van der Waals surface area contributed by atoms with Gasteiger partial charge in [-0.2, -0.15) is 0 Å². The van der Waals surface area contributed by atoms with Gasteiger partial charge in [-0.15, -0.1) is 0 Å². The topological polar surface area (TPSA) is 24.5 Å². The molecule has 0 spiro atoms. The Morgan fingerprint density at radius 1 is 1.10 bits per heavy atom. The van der Waals surface area contributed by atoms with Crippen molar-refractivity contribution in [3.63, 3.8) is 0 Å². The summed E-state index contributed by atoms with van der Waals surface area (Å²) < 4.78 is 5.37. The lowest BCUT2D eigenvalue weighted by Gasteiger charge is -2.27. The average Bonchev–Trinajstić information content (AvgIpc) is 2.44. The Hall–Kier alpha value is -0.900. The molecule has 3 heteroatoms.